The van der Waals surface area contributed by atoms with Crippen LogP contribution in [0.4, 0.5) is 5.82 Å². The number of likely N-dealkylation sites (tertiary alicyclic amines) is 1. The quantitative estimate of drug-likeness (QED) is 0.774. The molecule has 0 N–H and O–H groups in total. The van der Waals surface area contributed by atoms with Crippen LogP contribution in [0.3, 0.4) is 0 Å². The minimum atomic E-state index is 0.309. The van der Waals surface area contributed by atoms with Crippen LogP contribution in [0.25, 0.3) is 10.2 Å². The van der Waals surface area contributed by atoms with Gasteiger partial charge in [0, 0.05) is 44.1 Å². The van der Waals surface area contributed by atoms with Gasteiger partial charge in [-0.3, -0.25) is 9.69 Å². The van der Waals surface area contributed by atoms with E-state index in [9.17, 15) is 4.79 Å². The lowest BCUT2D eigenvalue weighted by atomic mass is 9.89. The number of nitrogens with zero attached hydrogens (tertiary/aromatic N) is 5. The predicted octanol–water partition coefficient (Wildman–Crippen LogP) is 2.95. The van der Waals surface area contributed by atoms with Gasteiger partial charge in [0.15, 0.2) is 0 Å². The second-order valence-electron chi connectivity index (χ2n) is 8.93. The first-order chi connectivity index (χ1) is 14.2. The van der Waals surface area contributed by atoms with Crippen molar-refractivity contribution in [2.24, 2.45) is 5.92 Å². The molecule has 0 saturated carbocycles. The average molecular weight is 414 g/mol. The number of rotatable bonds is 3. The summed E-state index contributed by atoms with van der Waals surface area (Å²) in [5, 5.41) is 1.30. The van der Waals surface area contributed by atoms with Gasteiger partial charge in [-0.1, -0.05) is 6.92 Å². The highest BCUT2D eigenvalue weighted by molar-refractivity contribution is 7.19. The van der Waals surface area contributed by atoms with Gasteiger partial charge in [-0.05, 0) is 50.0 Å². The predicted molar refractivity (Wildman–Crippen MR) is 118 cm³/mol. The van der Waals surface area contributed by atoms with Gasteiger partial charge < -0.3 is 9.80 Å². The Kier molecular flexibility index (Phi) is 5.43. The highest BCUT2D eigenvalue weighted by atomic mass is 32.1. The van der Waals surface area contributed by atoms with Gasteiger partial charge >= 0.3 is 0 Å². The van der Waals surface area contributed by atoms with Gasteiger partial charge in [0.25, 0.3) is 0 Å². The number of thiophene rings is 1. The molecule has 2 aromatic rings. The number of aryl methyl sites for hydroxylation is 1. The summed E-state index contributed by atoms with van der Waals surface area (Å²) in [6.07, 6.45) is 8.92. The number of carbonyl (C=O) groups is 1. The number of hydrogen-bond acceptors (Lipinski definition) is 6. The fraction of sp³-hybridized carbons (Fsp3) is 0.682. The Hall–Kier alpha value is -1.73. The fourth-order valence-corrected chi connectivity index (χ4v) is 6.40. The summed E-state index contributed by atoms with van der Waals surface area (Å²) in [6.45, 7) is 8.52. The van der Waals surface area contributed by atoms with Crippen LogP contribution in [-0.4, -0.2) is 71.5 Å². The number of aromatic nitrogens is 2. The zero-order chi connectivity index (χ0) is 19.8. The van der Waals surface area contributed by atoms with Crippen molar-refractivity contribution in [1.29, 1.82) is 0 Å². The second-order valence-corrected chi connectivity index (χ2v) is 10.0. The highest BCUT2D eigenvalue weighted by Gasteiger charge is 2.27. The zero-order valence-electron chi connectivity index (χ0n) is 17.4. The molecule has 2 aliphatic heterocycles. The highest BCUT2D eigenvalue weighted by Crippen LogP contribution is 2.40. The van der Waals surface area contributed by atoms with Gasteiger partial charge in [0.1, 0.15) is 17.0 Å². The molecule has 1 amide bonds. The molecule has 1 unspecified atom stereocenters. The summed E-state index contributed by atoms with van der Waals surface area (Å²) in [6, 6.07) is 0. The van der Waals surface area contributed by atoms with E-state index >= 15 is 0 Å². The smallest absolute Gasteiger partial charge is 0.236 e. The van der Waals surface area contributed by atoms with Crippen LogP contribution in [0.5, 0.6) is 0 Å². The molecule has 4 heterocycles. The first-order valence-electron chi connectivity index (χ1n) is 11.2. The third kappa shape index (κ3) is 3.87. The zero-order valence-corrected chi connectivity index (χ0v) is 18.2. The summed E-state index contributed by atoms with van der Waals surface area (Å²) in [5.74, 6) is 2.20. The Balaban J connectivity index is 1.27. The van der Waals surface area contributed by atoms with Crippen LogP contribution in [-0.2, 0) is 17.6 Å². The molecule has 1 aliphatic carbocycles. The van der Waals surface area contributed by atoms with E-state index in [1.165, 1.54) is 35.1 Å². The van der Waals surface area contributed by atoms with E-state index in [2.05, 4.69) is 26.6 Å². The summed E-state index contributed by atoms with van der Waals surface area (Å²) in [7, 11) is 0. The van der Waals surface area contributed by atoms with Crippen molar-refractivity contribution in [1.82, 2.24) is 19.8 Å². The van der Waals surface area contributed by atoms with E-state index in [0.717, 1.165) is 75.1 Å². The molecule has 0 radical (unpaired) electrons. The minimum absolute atomic E-state index is 0.309. The number of piperazine rings is 1. The first kappa shape index (κ1) is 19.2. The first-order valence-corrected chi connectivity index (χ1v) is 12.0. The Labute approximate surface area is 176 Å². The average Bonchev–Trinajstić information content (AvgIpc) is 3.12. The third-order valence-corrected chi connectivity index (χ3v) is 7.97. The van der Waals surface area contributed by atoms with Gasteiger partial charge in [0.2, 0.25) is 5.91 Å². The van der Waals surface area contributed by atoms with E-state index in [1.807, 2.05) is 11.3 Å². The maximum Gasteiger partial charge on any atom is 0.236 e. The number of fused-ring (bicyclic) bond motifs is 3. The topological polar surface area (TPSA) is 52.6 Å². The molecule has 156 valence electrons. The minimum Gasteiger partial charge on any atom is -0.353 e. The number of amides is 1. The van der Waals surface area contributed by atoms with Crippen molar-refractivity contribution in [2.45, 2.75) is 45.4 Å². The lowest BCUT2D eigenvalue weighted by Gasteiger charge is -2.36. The number of anilines is 1. The molecule has 0 bridgehead atoms. The molecule has 3 aliphatic rings. The monoisotopic (exact) mass is 413 g/mol. The van der Waals surface area contributed by atoms with Crippen LogP contribution in [0.2, 0.25) is 0 Å². The van der Waals surface area contributed by atoms with E-state index in [0.29, 0.717) is 12.5 Å². The molecule has 2 aromatic heterocycles. The Morgan fingerprint density at radius 2 is 1.90 bits per heavy atom. The van der Waals surface area contributed by atoms with E-state index in [1.54, 1.807) is 6.33 Å². The van der Waals surface area contributed by atoms with Crippen molar-refractivity contribution in [3.05, 3.63) is 16.8 Å². The normalized spacial score (nSPS) is 23.4. The van der Waals surface area contributed by atoms with Crippen LogP contribution in [0, 0.1) is 5.92 Å². The molecule has 1 atom stereocenters. The maximum atomic E-state index is 12.6. The lowest BCUT2D eigenvalue weighted by Crippen LogP contribution is -2.51. The Bertz CT molecular complexity index is 883. The molecule has 7 heteroatoms. The van der Waals surface area contributed by atoms with Crippen molar-refractivity contribution < 1.29 is 4.79 Å². The van der Waals surface area contributed by atoms with E-state index < -0.39 is 0 Å². The van der Waals surface area contributed by atoms with Crippen LogP contribution < -0.4 is 4.90 Å². The number of piperidine rings is 1. The molecule has 6 nitrogen and oxygen atoms in total. The van der Waals surface area contributed by atoms with E-state index in [-0.39, 0.29) is 0 Å². The molecular formula is C22H31N5OS. The van der Waals surface area contributed by atoms with Crippen molar-refractivity contribution >= 4 is 33.3 Å². The fourth-order valence-electron chi connectivity index (χ4n) is 5.05. The molecule has 29 heavy (non-hydrogen) atoms. The standard InChI is InChI=1S/C22H31N5OS/c1-16-5-6-17-18(13-16)29-22-20(17)21(23-15-24-22)27-11-9-25(10-12-27)14-19(28)26-7-3-2-4-8-26/h15-16H,2-14H2,1H3. The summed E-state index contributed by atoms with van der Waals surface area (Å²) in [5.41, 5.74) is 1.50. The third-order valence-electron chi connectivity index (χ3n) is 6.81. The summed E-state index contributed by atoms with van der Waals surface area (Å²) < 4.78 is 0. The lowest BCUT2D eigenvalue weighted by molar-refractivity contribution is -0.133. The Morgan fingerprint density at radius 3 is 2.69 bits per heavy atom. The van der Waals surface area contributed by atoms with Crippen molar-refractivity contribution in [3.8, 4) is 0 Å². The summed E-state index contributed by atoms with van der Waals surface area (Å²) >= 11 is 1.87. The van der Waals surface area contributed by atoms with Crippen LogP contribution in [0.1, 0.15) is 43.0 Å². The van der Waals surface area contributed by atoms with Crippen molar-refractivity contribution in [3.63, 3.8) is 0 Å². The largest absolute Gasteiger partial charge is 0.353 e. The Morgan fingerprint density at radius 1 is 1.10 bits per heavy atom. The molecule has 0 aromatic carbocycles. The number of carbonyl (C=O) groups excluding carboxylic acids is 1. The van der Waals surface area contributed by atoms with E-state index in [4.69, 9.17) is 4.98 Å². The van der Waals surface area contributed by atoms with Crippen molar-refractivity contribution in [2.75, 3.05) is 50.7 Å². The maximum absolute atomic E-state index is 12.6. The molecule has 5 rings (SSSR count). The number of hydrogen-bond donors (Lipinski definition) is 0. The van der Waals surface area contributed by atoms with Gasteiger partial charge in [0.05, 0.1) is 11.9 Å². The SMILES string of the molecule is CC1CCc2c(sc3ncnc(N4CCN(CC(=O)N5CCCCC5)CC4)c23)C1. The molecular weight excluding hydrogens is 382 g/mol. The molecule has 2 fully saturated rings. The van der Waals surface area contributed by atoms with Gasteiger partial charge in [-0.2, -0.15) is 0 Å². The molecule has 2 saturated heterocycles. The second kappa shape index (κ2) is 8.19. The van der Waals surface area contributed by atoms with Crippen LogP contribution >= 0.6 is 11.3 Å². The molecule has 0 spiro atoms. The van der Waals surface area contributed by atoms with Gasteiger partial charge in [-0.25, -0.2) is 9.97 Å². The van der Waals surface area contributed by atoms with Crippen LogP contribution in [0.15, 0.2) is 6.33 Å². The van der Waals surface area contributed by atoms with Gasteiger partial charge in [-0.15, -0.1) is 11.3 Å². The summed E-state index contributed by atoms with van der Waals surface area (Å²) in [4.78, 5) is 31.4.